The van der Waals surface area contributed by atoms with Crippen LogP contribution >= 0.6 is 0 Å². The summed E-state index contributed by atoms with van der Waals surface area (Å²) in [5.41, 5.74) is 0. The molecule has 0 bridgehead atoms. The zero-order chi connectivity index (χ0) is 27.7. The minimum atomic E-state index is -3.98. The maximum absolute atomic E-state index is 13.8. The molecule has 7 atom stereocenters. The van der Waals surface area contributed by atoms with Gasteiger partial charge in [0.25, 0.3) is 0 Å². The largest absolute Gasteiger partial charge is 0.464 e. The molecule has 3 amide bonds. The molecule has 5 rings (SSSR count). The summed E-state index contributed by atoms with van der Waals surface area (Å²) in [6, 6.07) is 5.03. The summed E-state index contributed by atoms with van der Waals surface area (Å²) < 4.78 is 34.1. The summed E-state index contributed by atoms with van der Waals surface area (Å²) in [4.78, 5) is 54.5. The summed E-state index contributed by atoms with van der Waals surface area (Å²) in [6.07, 6.45) is 3.10. The van der Waals surface area contributed by atoms with Crippen molar-refractivity contribution in [3.8, 4) is 0 Å². The topological polar surface area (TPSA) is 151 Å². The van der Waals surface area contributed by atoms with Gasteiger partial charge < -0.3 is 20.3 Å². The van der Waals surface area contributed by atoms with Crippen LogP contribution in [0.1, 0.15) is 45.4 Å². The lowest BCUT2D eigenvalue weighted by Crippen LogP contribution is -2.57. The van der Waals surface area contributed by atoms with Crippen molar-refractivity contribution >= 4 is 33.7 Å². The highest BCUT2D eigenvalue weighted by Gasteiger charge is 2.58. The number of carbonyl (C=O) groups is 4. The van der Waals surface area contributed by atoms with Crippen molar-refractivity contribution in [2.45, 2.75) is 68.5 Å². The molecule has 3 aliphatic heterocycles. The number of ether oxygens (including phenoxy) is 1. The van der Waals surface area contributed by atoms with Crippen LogP contribution in [0.3, 0.4) is 0 Å². The van der Waals surface area contributed by atoms with Crippen molar-refractivity contribution < 1.29 is 32.3 Å². The SMILES string of the molecule is CCOC(=O)C1CC2C(=O)NCC2CCCCC(NS(=O)(=O)c2ccccc2)C(=O)N2CC3CC3C2C(=O)N1. The minimum absolute atomic E-state index is 0.0415. The number of fused-ring (bicyclic) bond motifs is 4. The fourth-order valence-electron chi connectivity index (χ4n) is 6.36. The van der Waals surface area contributed by atoms with Gasteiger partial charge in [-0.05, 0) is 62.5 Å². The van der Waals surface area contributed by atoms with Crippen LogP contribution in [0, 0.1) is 23.7 Å². The Kier molecular flexibility index (Phi) is 7.95. The van der Waals surface area contributed by atoms with Gasteiger partial charge >= 0.3 is 5.97 Å². The third-order valence-corrected chi connectivity index (χ3v) is 9.98. The lowest BCUT2D eigenvalue weighted by Gasteiger charge is -2.32. The molecule has 0 radical (unpaired) electrons. The number of carbonyl (C=O) groups excluding carboxylic acids is 4. The molecule has 1 aliphatic carbocycles. The van der Waals surface area contributed by atoms with Gasteiger partial charge in [-0.15, -0.1) is 0 Å². The van der Waals surface area contributed by atoms with Gasteiger partial charge in [0.2, 0.25) is 27.7 Å². The standard InChI is InChI=1S/C27H36N4O7S/c1-2-38-27(35)22-13-20-16(14-28-24(20)32)8-6-7-11-21(30-39(36,37)18-9-4-3-5-10-18)26(34)31-15-17-12-19(17)23(31)25(33)29-22/h3-5,9-10,16-17,19-23,30H,2,6-8,11-15H2,1H3,(H,28,32)(H,29,33). The quantitative estimate of drug-likeness (QED) is 0.445. The molecule has 1 saturated carbocycles. The van der Waals surface area contributed by atoms with Crippen molar-refractivity contribution in [2.24, 2.45) is 23.7 Å². The van der Waals surface area contributed by atoms with Gasteiger partial charge in [-0.2, -0.15) is 4.72 Å². The molecule has 11 nitrogen and oxygen atoms in total. The maximum Gasteiger partial charge on any atom is 0.328 e. The van der Waals surface area contributed by atoms with E-state index in [1.807, 2.05) is 0 Å². The molecule has 0 spiro atoms. The van der Waals surface area contributed by atoms with Crippen molar-refractivity contribution in [3.63, 3.8) is 0 Å². The number of nitrogens with zero attached hydrogens (tertiary/aromatic N) is 1. The van der Waals surface area contributed by atoms with E-state index >= 15 is 0 Å². The molecule has 212 valence electrons. The number of benzene rings is 1. The third kappa shape index (κ3) is 5.81. The Morgan fingerprint density at radius 2 is 1.79 bits per heavy atom. The normalized spacial score (nSPS) is 33.2. The van der Waals surface area contributed by atoms with Crippen LogP contribution < -0.4 is 15.4 Å². The predicted molar refractivity (Wildman–Crippen MR) is 139 cm³/mol. The fraction of sp³-hybridized carbons (Fsp3) is 0.630. The number of piperidine rings is 1. The van der Waals surface area contributed by atoms with Gasteiger partial charge in [-0.25, -0.2) is 13.2 Å². The second kappa shape index (κ2) is 11.2. The van der Waals surface area contributed by atoms with Crippen LogP contribution in [0.4, 0.5) is 0 Å². The zero-order valence-corrected chi connectivity index (χ0v) is 22.8. The van der Waals surface area contributed by atoms with Crippen LogP contribution in [0.25, 0.3) is 0 Å². The molecule has 7 unspecified atom stereocenters. The van der Waals surface area contributed by atoms with Crippen LogP contribution in [-0.2, 0) is 33.9 Å². The second-order valence-electron chi connectivity index (χ2n) is 11.0. The molecule has 0 aromatic heterocycles. The number of nitrogens with one attached hydrogen (secondary N) is 3. The van der Waals surface area contributed by atoms with Gasteiger partial charge in [0.15, 0.2) is 0 Å². The molecule has 1 aromatic rings. The highest BCUT2D eigenvalue weighted by atomic mass is 32.2. The van der Waals surface area contributed by atoms with E-state index < -0.39 is 51.9 Å². The van der Waals surface area contributed by atoms with Gasteiger partial charge in [0, 0.05) is 19.0 Å². The molecule has 3 N–H and O–H groups in total. The van der Waals surface area contributed by atoms with Crippen LogP contribution in [-0.4, -0.2) is 74.8 Å². The smallest absolute Gasteiger partial charge is 0.328 e. The first-order valence-corrected chi connectivity index (χ1v) is 15.3. The number of amides is 3. The maximum atomic E-state index is 13.8. The summed E-state index contributed by atoms with van der Waals surface area (Å²) in [5.74, 6) is -2.02. The Morgan fingerprint density at radius 1 is 1.05 bits per heavy atom. The molecular weight excluding hydrogens is 524 g/mol. The highest BCUT2D eigenvalue weighted by molar-refractivity contribution is 7.89. The number of hydrogen-bond acceptors (Lipinski definition) is 7. The van der Waals surface area contributed by atoms with Crippen molar-refractivity contribution in [1.82, 2.24) is 20.3 Å². The Bertz CT molecular complexity index is 1220. The van der Waals surface area contributed by atoms with Crippen LogP contribution in [0.2, 0.25) is 0 Å². The molecule has 12 heteroatoms. The number of sulfonamides is 1. The van der Waals surface area contributed by atoms with Crippen molar-refractivity contribution in [2.75, 3.05) is 19.7 Å². The summed E-state index contributed by atoms with van der Waals surface area (Å²) in [7, 11) is -3.98. The lowest BCUT2D eigenvalue weighted by atomic mass is 9.85. The lowest BCUT2D eigenvalue weighted by molar-refractivity contribution is -0.149. The Morgan fingerprint density at radius 3 is 2.54 bits per heavy atom. The molecular formula is C27H36N4O7S. The summed E-state index contributed by atoms with van der Waals surface area (Å²) in [6.45, 7) is 2.64. The van der Waals surface area contributed by atoms with Gasteiger partial charge in [0.05, 0.1) is 11.5 Å². The van der Waals surface area contributed by atoms with E-state index in [1.54, 1.807) is 25.1 Å². The molecule has 4 aliphatic rings. The average molecular weight is 561 g/mol. The van der Waals surface area contributed by atoms with Crippen molar-refractivity contribution in [3.05, 3.63) is 30.3 Å². The third-order valence-electron chi connectivity index (χ3n) is 8.49. The van der Waals surface area contributed by atoms with E-state index in [2.05, 4.69) is 15.4 Å². The minimum Gasteiger partial charge on any atom is -0.464 e. The first kappa shape index (κ1) is 27.6. The summed E-state index contributed by atoms with van der Waals surface area (Å²) in [5, 5.41) is 5.68. The predicted octanol–water partition coefficient (Wildman–Crippen LogP) is 0.555. The Hall–Kier alpha value is -2.99. The van der Waals surface area contributed by atoms with E-state index in [1.165, 1.54) is 17.0 Å². The highest BCUT2D eigenvalue weighted by Crippen LogP contribution is 2.50. The van der Waals surface area contributed by atoms with Crippen LogP contribution in [0.15, 0.2) is 35.2 Å². The first-order valence-electron chi connectivity index (χ1n) is 13.8. The molecule has 39 heavy (non-hydrogen) atoms. The van der Waals surface area contributed by atoms with Gasteiger partial charge in [-0.3, -0.25) is 14.4 Å². The van der Waals surface area contributed by atoms with Crippen molar-refractivity contribution in [1.29, 1.82) is 0 Å². The fourth-order valence-corrected chi connectivity index (χ4v) is 7.61. The first-order chi connectivity index (χ1) is 18.7. The van der Waals surface area contributed by atoms with E-state index in [0.717, 1.165) is 6.42 Å². The summed E-state index contributed by atoms with van der Waals surface area (Å²) >= 11 is 0. The number of hydrogen-bond donors (Lipinski definition) is 3. The van der Waals surface area contributed by atoms with Crippen LogP contribution in [0.5, 0.6) is 0 Å². The van der Waals surface area contributed by atoms with Gasteiger partial charge in [-0.1, -0.05) is 31.0 Å². The van der Waals surface area contributed by atoms with E-state index in [4.69, 9.17) is 4.74 Å². The Balaban J connectivity index is 1.43. The molecule has 3 heterocycles. The van der Waals surface area contributed by atoms with Gasteiger partial charge in [0.1, 0.15) is 18.1 Å². The molecule has 4 fully saturated rings. The molecule has 3 saturated heterocycles. The second-order valence-corrected chi connectivity index (χ2v) is 12.7. The number of rotatable bonds is 5. The van der Waals surface area contributed by atoms with E-state index in [-0.39, 0.29) is 48.0 Å². The molecule has 1 aromatic carbocycles. The number of esters is 1. The zero-order valence-electron chi connectivity index (χ0n) is 22.0. The average Bonchev–Trinajstić information content (AvgIpc) is 3.44. The van der Waals surface area contributed by atoms with E-state index in [9.17, 15) is 27.6 Å². The monoisotopic (exact) mass is 560 g/mol. The van der Waals surface area contributed by atoms with E-state index in [0.29, 0.717) is 32.4 Å². The Labute approximate surface area is 228 Å².